The monoisotopic (exact) mass is 543 g/mol. The van der Waals surface area contributed by atoms with Crippen molar-refractivity contribution in [3.63, 3.8) is 0 Å². The molecular formula is C28H37N3O8. The van der Waals surface area contributed by atoms with Gasteiger partial charge in [-0.15, -0.1) is 0 Å². The summed E-state index contributed by atoms with van der Waals surface area (Å²) < 4.78 is 0. The van der Waals surface area contributed by atoms with Gasteiger partial charge in [-0.05, 0) is 31.0 Å². The molecule has 0 bridgehead atoms. The average Bonchev–Trinajstić information content (AvgIpc) is 2.81. The molecule has 39 heavy (non-hydrogen) atoms. The number of aliphatic hydroxyl groups excluding tert-OH is 1. The van der Waals surface area contributed by atoms with Gasteiger partial charge in [0.2, 0.25) is 5.91 Å². The molecule has 0 aliphatic heterocycles. The number of nitrogens with two attached hydrogens (primary N) is 1. The van der Waals surface area contributed by atoms with Crippen molar-refractivity contribution in [1.29, 1.82) is 0 Å². The fourth-order valence-electron chi connectivity index (χ4n) is 6.75. The van der Waals surface area contributed by atoms with Crippen LogP contribution in [0.4, 0.5) is 0 Å². The molecule has 1 aromatic rings. The zero-order valence-electron chi connectivity index (χ0n) is 23.0. The van der Waals surface area contributed by atoms with E-state index >= 15 is 0 Å². The zero-order valence-corrected chi connectivity index (χ0v) is 23.0. The van der Waals surface area contributed by atoms with E-state index < -0.39 is 76.4 Å². The number of carbonyl (C=O) groups is 5. The van der Waals surface area contributed by atoms with Crippen molar-refractivity contribution in [3.8, 4) is 5.75 Å². The molecule has 3 aliphatic carbocycles. The summed E-state index contributed by atoms with van der Waals surface area (Å²) in [6.45, 7) is 8.69. The Balaban J connectivity index is 1.83. The Hall–Kier alpha value is -2.99. The van der Waals surface area contributed by atoms with Crippen LogP contribution >= 0.6 is 0 Å². The van der Waals surface area contributed by atoms with E-state index in [-0.39, 0.29) is 23.3 Å². The second-order valence-electron chi connectivity index (χ2n) is 12.6. The highest BCUT2D eigenvalue weighted by Gasteiger charge is 2.72. The van der Waals surface area contributed by atoms with Gasteiger partial charge in [-0.2, -0.15) is 0 Å². The molecule has 3 aliphatic rings. The van der Waals surface area contributed by atoms with Crippen molar-refractivity contribution in [2.75, 3.05) is 20.6 Å². The van der Waals surface area contributed by atoms with Crippen LogP contribution in [0.15, 0.2) is 12.1 Å². The summed E-state index contributed by atoms with van der Waals surface area (Å²) in [5.74, 6) is -13.2. The Morgan fingerprint density at radius 1 is 1.13 bits per heavy atom. The molecule has 0 spiro atoms. The SMILES string of the molecule is C[C@H]1c2ccc(CNCC(C)(C)C)c(O)c2C(=O)C2C(=O)[C@]3(O)C(=O)C(C(N)=O)C(=O)C(N(C)C)[C@@H]3[C@@H](O)[C@@H]21. The Morgan fingerprint density at radius 3 is 2.28 bits per heavy atom. The number of likely N-dealkylation sites (N-methyl/N-ethyl adjacent to an activating group) is 1. The standard InChI is InChI=1S/C28H37N3O8/c1-11-13-8-7-12(9-30-10-27(2,3)4)20(32)15(13)21(33)16-14(11)22(34)18-19(31(5)6)23(35)17(26(29)38)25(37)28(18,39)24(16)36/h7-8,11,14,16-19,22,30,32,34,39H,9-10H2,1-6H3,(H2,29,38)/t11-,14+,16?,17?,18+,19?,22-,28-/m0/s1. The number of ketones is 4. The molecule has 0 heterocycles. The number of Topliss-reactive ketones (excluding diaryl/α,β-unsaturated/α-hetero) is 4. The number of nitrogens with one attached hydrogen (secondary N) is 1. The molecule has 2 fully saturated rings. The smallest absolute Gasteiger partial charge is 0.235 e. The quantitative estimate of drug-likeness (QED) is 0.304. The van der Waals surface area contributed by atoms with E-state index in [1.165, 1.54) is 19.0 Å². The van der Waals surface area contributed by atoms with Crippen molar-refractivity contribution in [3.05, 3.63) is 28.8 Å². The largest absolute Gasteiger partial charge is 0.507 e. The minimum atomic E-state index is -3.00. The first-order valence-corrected chi connectivity index (χ1v) is 13.0. The summed E-state index contributed by atoms with van der Waals surface area (Å²) in [7, 11) is 2.91. The van der Waals surface area contributed by atoms with Gasteiger partial charge in [0.25, 0.3) is 0 Å². The molecule has 0 saturated heterocycles. The van der Waals surface area contributed by atoms with E-state index in [9.17, 15) is 39.3 Å². The van der Waals surface area contributed by atoms with Gasteiger partial charge in [0.1, 0.15) is 5.75 Å². The van der Waals surface area contributed by atoms with E-state index in [1.807, 2.05) is 20.8 Å². The first kappa shape index (κ1) is 29.0. The summed E-state index contributed by atoms with van der Waals surface area (Å²) in [6.07, 6.45) is -1.64. The number of benzene rings is 1. The number of hydrogen-bond donors (Lipinski definition) is 5. The van der Waals surface area contributed by atoms with Crippen LogP contribution in [0.5, 0.6) is 5.75 Å². The van der Waals surface area contributed by atoms with E-state index in [1.54, 1.807) is 19.1 Å². The minimum absolute atomic E-state index is 0.0286. The molecular weight excluding hydrogens is 506 g/mol. The summed E-state index contributed by atoms with van der Waals surface area (Å²) >= 11 is 0. The second-order valence-corrected chi connectivity index (χ2v) is 12.6. The molecule has 0 aromatic heterocycles. The van der Waals surface area contributed by atoms with Crippen molar-refractivity contribution >= 4 is 29.0 Å². The average molecular weight is 544 g/mol. The normalized spacial score (nSPS) is 34.5. The highest BCUT2D eigenvalue weighted by atomic mass is 16.3. The van der Waals surface area contributed by atoms with E-state index in [4.69, 9.17) is 5.73 Å². The van der Waals surface area contributed by atoms with Crippen LogP contribution < -0.4 is 11.1 Å². The molecule has 8 atom stereocenters. The highest BCUT2D eigenvalue weighted by molar-refractivity contribution is 6.32. The van der Waals surface area contributed by atoms with Crippen molar-refractivity contribution in [1.82, 2.24) is 10.2 Å². The van der Waals surface area contributed by atoms with Crippen molar-refractivity contribution < 1.29 is 39.3 Å². The maximum Gasteiger partial charge on any atom is 0.235 e. The van der Waals surface area contributed by atoms with Gasteiger partial charge < -0.3 is 26.4 Å². The molecule has 0 radical (unpaired) electrons. The summed E-state index contributed by atoms with van der Waals surface area (Å²) in [4.78, 5) is 67.9. The Labute approximate surface area is 226 Å². The van der Waals surface area contributed by atoms with Gasteiger partial charge in [0.05, 0.1) is 29.5 Å². The third-order valence-electron chi connectivity index (χ3n) is 8.54. The first-order chi connectivity index (χ1) is 18.0. The molecule has 4 rings (SSSR count). The van der Waals surface area contributed by atoms with Crippen LogP contribution in [0.1, 0.15) is 55.1 Å². The van der Waals surface area contributed by atoms with Gasteiger partial charge in [-0.3, -0.25) is 28.9 Å². The molecule has 1 amide bonds. The Kier molecular flexibility index (Phi) is 7.13. The highest BCUT2D eigenvalue weighted by Crippen LogP contribution is 2.54. The van der Waals surface area contributed by atoms with Crippen LogP contribution in [0.25, 0.3) is 0 Å². The van der Waals surface area contributed by atoms with E-state index in [0.717, 1.165) is 0 Å². The van der Waals surface area contributed by atoms with Crippen LogP contribution in [-0.2, 0) is 25.7 Å². The summed E-state index contributed by atoms with van der Waals surface area (Å²) in [5, 5.41) is 37.7. The van der Waals surface area contributed by atoms with Gasteiger partial charge in [0.15, 0.2) is 34.7 Å². The lowest BCUT2D eigenvalue weighted by Gasteiger charge is -2.56. The van der Waals surface area contributed by atoms with Gasteiger partial charge in [-0.1, -0.05) is 39.8 Å². The lowest BCUT2D eigenvalue weighted by molar-refractivity contribution is -0.196. The molecule has 2 saturated carbocycles. The summed E-state index contributed by atoms with van der Waals surface area (Å²) in [5.41, 5.74) is 3.04. The number of phenols is 1. The third kappa shape index (κ3) is 4.23. The van der Waals surface area contributed by atoms with Crippen LogP contribution in [-0.4, -0.2) is 87.6 Å². The number of aromatic hydroxyl groups is 1. The Bertz CT molecular complexity index is 1270. The number of fused-ring (bicyclic) bond motifs is 3. The molecule has 11 heteroatoms. The molecule has 11 nitrogen and oxygen atoms in total. The van der Waals surface area contributed by atoms with Crippen molar-refractivity contribution in [2.24, 2.45) is 34.8 Å². The van der Waals surface area contributed by atoms with Crippen LogP contribution in [0.2, 0.25) is 0 Å². The maximum atomic E-state index is 14.0. The number of carbonyl (C=O) groups excluding carboxylic acids is 5. The number of amides is 1. The fraction of sp³-hybridized carbons (Fsp3) is 0.607. The van der Waals surface area contributed by atoms with Gasteiger partial charge in [0, 0.05) is 24.6 Å². The number of nitrogens with zero attached hydrogens (tertiary/aromatic N) is 1. The van der Waals surface area contributed by atoms with Crippen LogP contribution in [0.3, 0.4) is 0 Å². The number of hydrogen-bond acceptors (Lipinski definition) is 10. The second kappa shape index (κ2) is 9.58. The minimum Gasteiger partial charge on any atom is -0.507 e. The van der Waals surface area contributed by atoms with E-state index in [2.05, 4.69) is 5.32 Å². The van der Waals surface area contributed by atoms with Crippen molar-refractivity contribution in [2.45, 2.75) is 57.9 Å². The number of primary amides is 1. The predicted octanol–water partition coefficient (Wildman–Crippen LogP) is -0.465. The number of phenolic OH excluding ortho intramolecular Hbond substituents is 1. The number of aliphatic hydroxyl groups is 2. The Morgan fingerprint density at radius 2 is 1.74 bits per heavy atom. The van der Waals surface area contributed by atoms with E-state index in [0.29, 0.717) is 17.7 Å². The molecule has 212 valence electrons. The predicted molar refractivity (Wildman–Crippen MR) is 139 cm³/mol. The van der Waals surface area contributed by atoms with Crippen LogP contribution in [0, 0.1) is 29.1 Å². The van der Waals surface area contributed by atoms with Gasteiger partial charge >= 0.3 is 0 Å². The number of rotatable bonds is 5. The zero-order chi connectivity index (χ0) is 29.4. The summed E-state index contributed by atoms with van der Waals surface area (Å²) in [6, 6.07) is 1.96. The molecule has 6 N–H and O–H groups in total. The topological polar surface area (TPSA) is 187 Å². The third-order valence-corrected chi connectivity index (χ3v) is 8.54. The van der Waals surface area contributed by atoms with Gasteiger partial charge in [-0.25, -0.2) is 0 Å². The maximum absolute atomic E-state index is 14.0. The fourth-order valence-corrected chi connectivity index (χ4v) is 6.75. The molecule has 1 aromatic carbocycles. The lowest BCUT2D eigenvalue weighted by Crippen LogP contribution is -2.77. The lowest BCUT2D eigenvalue weighted by atomic mass is 9.49. The first-order valence-electron chi connectivity index (χ1n) is 13.0. The molecule has 3 unspecified atom stereocenters.